The van der Waals surface area contributed by atoms with Crippen LogP contribution in [0.25, 0.3) is 33.5 Å². The van der Waals surface area contributed by atoms with Crippen LogP contribution in [0.5, 0.6) is 0 Å². The maximum Gasteiger partial charge on any atom is 0.149 e. The zero-order chi connectivity index (χ0) is 21.4. The standard InChI is InChI=1S/C23H18Cl2N6/c1-2-10-31-21-16(24)4-3-5-19(21)30-23(31)14-11-17(25)22(28-13-14)29-15-6-7-18-20(12-15)27-9-8-26-18/h3-9,11-13H,2,10H2,1H3,(H,28,29). The van der Waals surface area contributed by atoms with E-state index in [1.807, 2.05) is 42.5 Å². The summed E-state index contributed by atoms with van der Waals surface area (Å²) in [7, 11) is 0. The predicted molar refractivity (Wildman–Crippen MR) is 126 cm³/mol. The third-order valence-electron chi connectivity index (χ3n) is 5.00. The van der Waals surface area contributed by atoms with Gasteiger partial charge in [0.2, 0.25) is 0 Å². The third-order valence-corrected chi connectivity index (χ3v) is 5.59. The van der Waals surface area contributed by atoms with E-state index < -0.39 is 0 Å². The van der Waals surface area contributed by atoms with E-state index in [-0.39, 0.29) is 0 Å². The largest absolute Gasteiger partial charge is 0.339 e. The number of pyridine rings is 1. The van der Waals surface area contributed by atoms with Gasteiger partial charge >= 0.3 is 0 Å². The van der Waals surface area contributed by atoms with Crippen molar-refractivity contribution >= 4 is 56.8 Å². The fourth-order valence-corrected chi connectivity index (χ4v) is 4.12. The van der Waals surface area contributed by atoms with Crippen molar-refractivity contribution in [1.29, 1.82) is 0 Å². The summed E-state index contributed by atoms with van der Waals surface area (Å²) in [5.74, 6) is 1.36. The van der Waals surface area contributed by atoms with Gasteiger partial charge in [-0.3, -0.25) is 9.97 Å². The molecule has 154 valence electrons. The molecule has 0 bridgehead atoms. The molecule has 5 rings (SSSR count). The number of hydrogen-bond acceptors (Lipinski definition) is 5. The Bertz CT molecular complexity index is 1410. The Kier molecular flexibility index (Phi) is 5.18. The highest BCUT2D eigenvalue weighted by molar-refractivity contribution is 6.35. The Morgan fingerprint density at radius 3 is 2.55 bits per heavy atom. The highest BCUT2D eigenvalue weighted by atomic mass is 35.5. The molecule has 0 aliphatic heterocycles. The first-order chi connectivity index (χ1) is 15.1. The molecular formula is C23H18Cl2N6. The average molecular weight is 449 g/mol. The zero-order valence-electron chi connectivity index (χ0n) is 16.7. The van der Waals surface area contributed by atoms with Crippen molar-refractivity contribution in [2.45, 2.75) is 19.9 Å². The van der Waals surface area contributed by atoms with Crippen molar-refractivity contribution in [3.8, 4) is 11.4 Å². The van der Waals surface area contributed by atoms with E-state index in [1.54, 1.807) is 18.6 Å². The van der Waals surface area contributed by atoms with Gasteiger partial charge in [0.25, 0.3) is 0 Å². The van der Waals surface area contributed by atoms with Crippen LogP contribution in [0, 0.1) is 0 Å². The van der Waals surface area contributed by atoms with Crippen molar-refractivity contribution in [2.75, 3.05) is 5.32 Å². The highest BCUT2D eigenvalue weighted by Gasteiger charge is 2.16. The molecule has 0 amide bonds. The van der Waals surface area contributed by atoms with Gasteiger partial charge in [-0.15, -0.1) is 0 Å². The van der Waals surface area contributed by atoms with Gasteiger partial charge in [-0.2, -0.15) is 0 Å². The van der Waals surface area contributed by atoms with Crippen LogP contribution < -0.4 is 5.32 Å². The number of para-hydroxylation sites is 1. The summed E-state index contributed by atoms with van der Waals surface area (Å²) in [4.78, 5) is 18.0. The van der Waals surface area contributed by atoms with Crippen molar-refractivity contribution in [1.82, 2.24) is 24.5 Å². The maximum atomic E-state index is 6.59. The number of fused-ring (bicyclic) bond motifs is 2. The summed E-state index contributed by atoms with van der Waals surface area (Å²) >= 11 is 13.1. The number of nitrogens with zero attached hydrogens (tertiary/aromatic N) is 5. The van der Waals surface area contributed by atoms with Crippen LogP contribution in [0.1, 0.15) is 13.3 Å². The molecule has 8 heteroatoms. The number of rotatable bonds is 5. The van der Waals surface area contributed by atoms with E-state index in [1.165, 1.54) is 0 Å². The summed E-state index contributed by atoms with van der Waals surface area (Å²) in [6.07, 6.45) is 6.07. The predicted octanol–water partition coefficient (Wildman–Crippen LogP) is 6.50. The molecule has 0 saturated carbocycles. The second-order valence-electron chi connectivity index (χ2n) is 7.13. The Labute approximate surface area is 188 Å². The van der Waals surface area contributed by atoms with Crippen LogP contribution >= 0.6 is 23.2 Å². The molecule has 0 unspecified atom stereocenters. The highest BCUT2D eigenvalue weighted by Crippen LogP contribution is 2.33. The number of halogens is 2. The molecule has 0 fully saturated rings. The third kappa shape index (κ3) is 3.69. The minimum absolute atomic E-state index is 0.498. The lowest BCUT2D eigenvalue weighted by atomic mass is 10.2. The summed E-state index contributed by atoms with van der Waals surface area (Å²) in [6, 6.07) is 13.4. The van der Waals surface area contributed by atoms with Crippen LogP contribution in [-0.4, -0.2) is 24.5 Å². The van der Waals surface area contributed by atoms with E-state index in [0.29, 0.717) is 15.9 Å². The van der Waals surface area contributed by atoms with Gasteiger partial charge in [0.05, 0.1) is 32.1 Å². The number of anilines is 2. The van der Waals surface area contributed by atoms with Gasteiger partial charge in [0.1, 0.15) is 11.6 Å². The van der Waals surface area contributed by atoms with E-state index in [0.717, 1.165) is 52.1 Å². The van der Waals surface area contributed by atoms with Crippen molar-refractivity contribution in [2.24, 2.45) is 0 Å². The smallest absolute Gasteiger partial charge is 0.149 e. The molecule has 0 atom stereocenters. The fourth-order valence-electron chi connectivity index (χ4n) is 3.63. The van der Waals surface area contributed by atoms with Gasteiger partial charge < -0.3 is 9.88 Å². The Morgan fingerprint density at radius 2 is 1.74 bits per heavy atom. The van der Waals surface area contributed by atoms with Crippen LogP contribution in [0.2, 0.25) is 10.0 Å². The van der Waals surface area contributed by atoms with E-state index in [2.05, 4.69) is 31.8 Å². The minimum atomic E-state index is 0.498. The van der Waals surface area contributed by atoms with E-state index in [4.69, 9.17) is 28.2 Å². The SMILES string of the molecule is CCCn1c(-c2cnc(Nc3ccc4nccnc4c3)c(Cl)c2)nc2cccc(Cl)c21. The van der Waals surface area contributed by atoms with Gasteiger partial charge in [-0.1, -0.05) is 36.2 Å². The number of hydrogen-bond donors (Lipinski definition) is 1. The molecule has 31 heavy (non-hydrogen) atoms. The fraction of sp³-hybridized carbons (Fsp3) is 0.130. The van der Waals surface area contributed by atoms with Gasteiger partial charge in [-0.05, 0) is 42.8 Å². The second kappa shape index (κ2) is 8.13. The number of nitrogens with one attached hydrogen (secondary N) is 1. The Balaban J connectivity index is 1.52. The molecule has 0 aliphatic carbocycles. The molecule has 3 aromatic heterocycles. The topological polar surface area (TPSA) is 68.5 Å². The van der Waals surface area contributed by atoms with Crippen LogP contribution in [-0.2, 0) is 6.54 Å². The molecule has 0 saturated heterocycles. The first-order valence-corrected chi connectivity index (χ1v) is 10.7. The Hall–Kier alpha value is -3.22. The first-order valence-electron chi connectivity index (χ1n) is 9.92. The molecule has 6 nitrogen and oxygen atoms in total. The van der Waals surface area contributed by atoms with E-state index >= 15 is 0 Å². The second-order valence-corrected chi connectivity index (χ2v) is 7.95. The molecule has 5 aromatic rings. The van der Waals surface area contributed by atoms with Crippen molar-refractivity contribution < 1.29 is 0 Å². The van der Waals surface area contributed by atoms with Gasteiger partial charge in [-0.25, -0.2) is 9.97 Å². The maximum absolute atomic E-state index is 6.59. The van der Waals surface area contributed by atoms with Crippen LogP contribution in [0.3, 0.4) is 0 Å². The lowest BCUT2D eigenvalue weighted by molar-refractivity contribution is 0.704. The summed E-state index contributed by atoms with van der Waals surface area (Å²) in [5, 5.41) is 4.44. The number of aryl methyl sites for hydroxylation is 1. The lowest BCUT2D eigenvalue weighted by Gasteiger charge is -2.11. The number of imidazole rings is 1. The zero-order valence-corrected chi connectivity index (χ0v) is 18.2. The number of benzene rings is 2. The molecule has 2 aromatic carbocycles. The normalized spacial score (nSPS) is 11.3. The molecule has 3 heterocycles. The average Bonchev–Trinajstić information content (AvgIpc) is 3.15. The van der Waals surface area contributed by atoms with Crippen molar-refractivity contribution in [3.05, 3.63) is 71.1 Å². The minimum Gasteiger partial charge on any atom is -0.339 e. The summed E-state index contributed by atoms with van der Waals surface area (Å²) < 4.78 is 2.13. The molecule has 0 aliphatic rings. The summed E-state index contributed by atoms with van der Waals surface area (Å²) in [6.45, 7) is 2.92. The van der Waals surface area contributed by atoms with E-state index in [9.17, 15) is 0 Å². The monoisotopic (exact) mass is 448 g/mol. The summed E-state index contributed by atoms with van der Waals surface area (Å²) in [5.41, 5.74) is 5.07. The van der Waals surface area contributed by atoms with Gasteiger partial charge in [0.15, 0.2) is 0 Å². The molecule has 1 N–H and O–H groups in total. The van der Waals surface area contributed by atoms with Crippen molar-refractivity contribution in [3.63, 3.8) is 0 Å². The van der Waals surface area contributed by atoms with Gasteiger partial charge in [0, 0.05) is 36.4 Å². The molecule has 0 spiro atoms. The first kappa shape index (κ1) is 19.7. The number of aromatic nitrogens is 5. The quantitative estimate of drug-likeness (QED) is 0.332. The van der Waals surface area contributed by atoms with Crippen LogP contribution in [0.4, 0.5) is 11.5 Å². The van der Waals surface area contributed by atoms with Crippen LogP contribution in [0.15, 0.2) is 61.1 Å². The molecular weight excluding hydrogens is 431 g/mol. The Morgan fingerprint density at radius 1 is 0.903 bits per heavy atom. The molecule has 0 radical (unpaired) electrons. The lowest BCUT2D eigenvalue weighted by Crippen LogP contribution is -2.01.